The second kappa shape index (κ2) is 4.67. The number of rotatable bonds is 3. The van der Waals surface area contributed by atoms with Crippen molar-refractivity contribution in [3.63, 3.8) is 0 Å². The lowest BCUT2D eigenvalue weighted by molar-refractivity contribution is 0.217. The summed E-state index contributed by atoms with van der Waals surface area (Å²) >= 11 is 10.7. The minimum absolute atomic E-state index is 0.216. The van der Waals surface area contributed by atoms with Crippen molar-refractivity contribution < 1.29 is 4.74 Å². The molecule has 0 aliphatic rings. The van der Waals surface area contributed by atoms with Crippen LogP contribution in [0.2, 0.25) is 5.02 Å². The average molecular weight is 256 g/mol. The van der Waals surface area contributed by atoms with Gasteiger partial charge in [0.25, 0.3) is 0 Å². The molecule has 16 heavy (non-hydrogen) atoms. The van der Waals surface area contributed by atoms with Crippen LogP contribution in [0.1, 0.15) is 18.9 Å². The second-order valence-corrected chi connectivity index (χ2v) is 4.09. The summed E-state index contributed by atoms with van der Waals surface area (Å²) in [5.74, 6) is 1.35. The van der Waals surface area contributed by atoms with Crippen molar-refractivity contribution in [2.24, 2.45) is 0 Å². The fourth-order valence-corrected chi connectivity index (χ4v) is 1.61. The van der Waals surface area contributed by atoms with E-state index in [1.165, 1.54) is 0 Å². The maximum Gasteiger partial charge on any atom is 0.213 e. The van der Waals surface area contributed by atoms with Crippen molar-refractivity contribution in [1.29, 1.82) is 0 Å². The predicted molar refractivity (Wildman–Crippen MR) is 64.3 cm³/mol. The third-order valence-corrected chi connectivity index (χ3v) is 2.44. The Hall–Kier alpha value is -1.33. The Balaban J connectivity index is 2.13. The van der Waals surface area contributed by atoms with Crippen LogP contribution in [0.4, 0.5) is 0 Å². The van der Waals surface area contributed by atoms with Gasteiger partial charge >= 0.3 is 0 Å². The lowest BCUT2D eigenvalue weighted by Crippen LogP contribution is -2.05. The molecule has 0 saturated heterocycles. The Morgan fingerprint density at radius 3 is 2.88 bits per heavy atom. The Kier molecular flexibility index (Phi) is 3.26. The summed E-state index contributed by atoms with van der Waals surface area (Å²) in [5, 5.41) is 6.20. The summed E-state index contributed by atoms with van der Waals surface area (Å²) in [4.78, 5) is 4.07. The van der Waals surface area contributed by atoms with Gasteiger partial charge in [-0.25, -0.2) is 4.98 Å². The van der Waals surface area contributed by atoms with Gasteiger partial charge in [0, 0.05) is 5.02 Å². The van der Waals surface area contributed by atoms with Crippen molar-refractivity contribution in [1.82, 2.24) is 15.2 Å². The second-order valence-electron chi connectivity index (χ2n) is 3.27. The van der Waals surface area contributed by atoms with E-state index in [2.05, 4.69) is 15.2 Å². The molecule has 0 saturated carbocycles. The number of hydrogen-bond donors (Lipinski definition) is 2. The maximum absolute atomic E-state index is 5.85. The molecule has 1 unspecified atom stereocenters. The van der Waals surface area contributed by atoms with Crippen LogP contribution in [0.5, 0.6) is 5.75 Å². The van der Waals surface area contributed by atoms with E-state index in [1.807, 2.05) is 19.1 Å². The largest absolute Gasteiger partial charge is 0.483 e. The first-order valence-electron chi connectivity index (χ1n) is 4.72. The number of ether oxygens (including phenoxy) is 1. The number of nitrogens with one attached hydrogen (secondary N) is 2. The fourth-order valence-electron chi connectivity index (χ4n) is 1.28. The van der Waals surface area contributed by atoms with Crippen molar-refractivity contribution in [2.45, 2.75) is 13.0 Å². The fraction of sp³-hybridized carbons (Fsp3) is 0.200. The Labute approximate surface area is 103 Å². The van der Waals surface area contributed by atoms with E-state index in [4.69, 9.17) is 28.6 Å². The van der Waals surface area contributed by atoms with E-state index in [0.717, 1.165) is 0 Å². The molecular formula is C10H10ClN3OS. The van der Waals surface area contributed by atoms with Gasteiger partial charge in [0.1, 0.15) is 5.75 Å². The van der Waals surface area contributed by atoms with Crippen molar-refractivity contribution in [3.8, 4) is 5.75 Å². The number of benzene rings is 1. The molecule has 1 heterocycles. The van der Waals surface area contributed by atoms with E-state index in [-0.39, 0.29) is 6.10 Å². The molecule has 84 valence electrons. The van der Waals surface area contributed by atoms with Gasteiger partial charge in [0.2, 0.25) is 4.77 Å². The number of hydrogen-bond acceptors (Lipinski definition) is 3. The zero-order chi connectivity index (χ0) is 11.5. The first kappa shape index (κ1) is 11.2. The molecule has 0 fully saturated rings. The summed E-state index contributed by atoms with van der Waals surface area (Å²) in [7, 11) is 0. The zero-order valence-corrected chi connectivity index (χ0v) is 10.1. The van der Waals surface area contributed by atoms with Crippen LogP contribution in [0, 0.1) is 4.77 Å². The van der Waals surface area contributed by atoms with Gasteiger partial charge in [-0.1, -0.05) is 17.7 Å². The summed E-state index contributed by atoms with van der Waals surface area (Å²) < 4.78 is 6.06. The number of nitrogens with zero attached hydrogens (tertiary/aromatic N) is 1. The summed E-state index contributed by atoms with van der Waals surface area (Å²) in [5.41, 5.74) is 0. The molecular weight excluding hydrogens is 246 g/mol. The molecule has 0 radical (unpaired) electrons. The lowest BCUT2D eigenvalue weighted by atomic mass is 10.3. The van der Waals surface area contributed by atoms with Crippen LogP contribution >= 0.6 is 23.8 Å². The molecule has 0 aliphatic carbocycles. The average Bonchev–Trinajstić information content (AvgIpc) is 2.65. The van der Waals surface area contributed by atoms with Crippen LogP contribution in [0.25, 0.3) is 0 Å². The minimum Gasteiger partial charge on any atom is -0.483 e. The normalized spacial score (nSPS) is 12.4. The van der Waals surface area contributed by atoms with E-state index >= 15 is 0 Å². The molecule has 6 heteroatoms. The topological polar surface area (TPSA) is 53.7 Å². The smallest absolute Gasteiger partial charge is 0.213 e. The standard InChI is InChI=1S/C10H10ClN3OS/c1-6(9-12-10(16)14-13-9)15-8-4-2-3-7(11)5-8/h2-6H,1H3,(H2,12,13,14,16). The molecule has 2 N–H and O–H groups in total. The monoisotopic (exact) mass is 255 g/mol. The van der Waals surface area contributed by atoms with Gasteiger partial charge in [-0.3, -0.25) is 10.2 Å². The first-order valence-corrected chi connectivity index (χ1v) is 5.50. The molecule has 2 rings (SSSR count). The lowest BCUT2D eigenvalue weighted by Gasteiger charge is -2.11. The van der Waals surface area contributed by atoms with Crippen LogP contribution in [0.3, 0.4) is 0 Å². The van der Waals surface area contributed by atoms with E-state index in [9.17, 15) is 0 Å². The molecule has 0 bridgehead atoms. The van der Waals surface area contributed by atoms with Crippen LogP contribution in [-0.4, -0.2) is 15.2 Å². The minimum atomic E-state index is -0.216. The molecule has 4 nitrogen and oxygen atoms in total. The van der Waals surface area contributed by atoms with E-state index in [1.54, 1.807) is 12.1 Å². The molecule has 1 aromatic carbocycles. The summed E-state index contributed by atoms with van der Waals surface area (Å²) in [6.07, 6.45) is -0.216. The van der Waals surface area contributed by atoms with Gasteiger partial charge in [0.05, 0.1) is 0 Å². The first-order chi connectivity index (χ1) is 7.65. The van der Waals surface area contributed by atoms with Crippen LogP contribution < -0.4 is 4.74 Å². The van der Waals surface area contributed by atoms with Crippen molar-refractivity contribution in [2.75, 3.05) is 0 Å². The summed E-state index contributed by atoms with van der Waals surface area (Å²) in [6.45, 7) is 1.88. The number of aromatic nitrogens is 3. The highest BCUT2D eigenvalue weighted by molar-refractivity contribution is 7.71. The van der Waals surface area contributed by atoms with Crippen LogP contribution in [0.15, 0.2) is 24.3 Å². The van der Waals surface area contributed by atoms with Gasteiger partial charge < -0.3 is 4.74 Å². The quantitative estimate of drug-likeness (QED) is 0.828. The van der Waals surface area contributed by atoms with Gasteiger partial charge in [-0.05, 0) is 37.3 Å². The van der Waals surface area contributed by atoms with Crippen molar-refractivity contribution >= 4 is 23.8 Å². The molecule has 1 atom stereocenters. The highest BCUT2D eigenvalue weighted by Gasteiger charge is 2.10. The number of aromatic amines is 2. The Morgan fingerprint density at radius 2 is 2.25 bits per heavy atom. The van der Waals surface area contributed by atoms with Gasteiger partial charge in [-0.2, -0.15) is 0 Å². The third-order valence-electron chi connectivity index (χ3n) is 2.01. The number of H-pyrrole nitrogens is 2. The molecule has 2 aromatic rings. The zero-order valence-electron chi connectivity index (χ0n) is 8.53. The Bertz CT molecular complexity index is 537. The van der Waals surface area contributed by atoms with Gasteiger partial charge in [0.15, 0.2) is 11.9 Å². The third kappa shape index (κ3) is 2.62. The highest BCUT2D eigenvalue weighted by atomic mass is 35.5. The molecule has 1 aromatic heterocycles. The van der Waals surface area contributed by atoms with Crippen LogP contribution in [-0.2, 0) is 0 Å². The SMILES string of the molecule is CC(Oc1cccc(Cl)c1)c1nc(=S)[nH][nH]1. The molecule has 0 amide bonds. The summed E-state index contributed by atoms with van der Waals surface area (Å²) in [6, 6.07) is 7.21. The number of halogens is 1. The van der Waals surface area contributed by atoms with Gasteiger partial charge in [-0.15, -0.1) is 0 Å². The van der Waals surface area contributed by atoms with E-state index in [0.29, 0.717) is 21.4 Å². The van der Waals surface area contributed by atoms with E-state index < -0.39 is 0 Å². The Morgan fingerprint density at radius 1 is 1.44 bits per heavy atom. The van der Waals surface area contributed by atoms with Crippen molar-refractivity contribution in [3.05, 3.63) is 39.9 Å². The predicted octanol–water partition coefficient (Wildman–Crippen LogP) is 3.26. The molecule has 0 spiro atoms. The highest BCUT2D eigenvalue weighted by Crippen LogP contribution is 2.22. The maximum atomic E-state index is 5.85. The molecule has 0 aliphatic heterocycles.